The monoisotopic (exact) mass is 214 g/mol. The molecule has 0 aliphatic heterocycles. The second-order valence-electron chi connectivity index (χ2n) is 2.52. The summed E-state index contributed by atoms with van der Waals surface area (Å²) in [4.78, 5) is 0. The molecular formula is C9H8Cl2N2. The Kier molecular flexibility index (Phi) is 3.56. The molecule has 1 rings (SSSR count). The average Bonchev–Trinajstić information content (AvgIpc) is 2.13. The highest BCUT2D eigenvalue weighted by Crippen LogP contribution is 2.25. The van der Waals surface area contributed by atoms with Crippen LogP contribution in [0.4, 0.5) is 0 Å². The standard InChI is InChI=1S/C9H8Cl2N2/c1-13-9(5-12)7-4-6(10)2-3-8(7)11/h2-4,9,13H,1H3. The van der Waals surface area contributed by atoms with Crippen molar-refractivity contribution >= 4 is 23.2 Å². The molecule has 0 spiro atoms. The maximum atomic E-state index is 8.78. The van der Waals surface area contributed by atoms with Crippen LogP contribution in [-0.4, -0.2) is 7.05 Å². The summed E-state index contributed by atoms with van der Waals surface area (Å²) in [6.45, 7) is 0. The quantitative estimate of drug-likeness (QED) is 0.823. The lowest BCUT2D eigenvalue weighted by atomic mass is 10.1. The molecule has 0 aromatic heterocycles. The van der Waals surface area contributed by atoms with Crippen molar-refractivity contribution in [3.8, 4) is 6.07 Å². The van der Waals surface area contributed by atoms with Gasteiger partial charge >= 0.3 is 0 Å². The minimum atomic E-state index is -0.411. The molecule has 0 aliphatic rings. The molecule has 13 heavy (non-hydrogen) atoms. The molecule has 4 heteroatoms. The molecule has 0 fully saturated rings. The number of hydrogen-bond donors (Lipinski definition) is 1. The third-order valence-corrected chi connectivity index (χ3v) is 2.27. The van der Waals surface area contributed by atoms with Gasteiger partial charge < -0.3 is 5.32 Å². The van der Waals surface area contributed by atoms with Gasteiger partial charge in [-0.25, -0.2) is 0 Å². The minimum absolute atomic E-state index is 0.411. The molecule has 1 aromatic carbocycles. The molecule has 1 aromatic rings. The van der Waals surface area contributed by atoms with Gasteiger partial charge in [0.1, 0.15) is 6.04 Å². The van der Waals surface area contributed by atoms with Gasteiger partial charge in [-0.1, -0.05) is 23.2 Å². The molecule has 2 nitrogen and oxygen atoms in total. The van der Waals surface area contributed by atoms with Gasteiger partial charge in [0, 0.05) is 15.6 Å². The third kappa shape index (κ3) is 2.35. The van der Waals surface area contributed by atoms with Crippen LogP contribution in [0.1, 0.15) is 11.6 Å². The second kappa shape index (κ2) is 4.48. The molecule has 1 N–H and O–H groups in total. The van der Waals surface area contributed by atoms with Gasteiger partial charge in [0.2, 0.25) is 0 Å². The van der Waals surface area contributed by atoms with Crippen molar-refractivity contribution in [2.24, 2.45) is 0 Å². The molecule has 0 bridgehead atoms. The first kappa shape index (κ1) is 10.3. The van der Waals surface area contributed by atoms with E-state index in [0.717, 1.165) is 0 Å². The molecule has 1 atom stereocenters. The van der Waals surface area contributed by atoms with Gasteiger partial charge in [0.15, 0.2) is 0 Å². The Morgan fingerprint density at radius 1 is 1.46 bits per heavy atom. The molecule has 0 amide bonds. The Balaban J connectivity index is 3.13. The van der Waals surface area contributed by atoms with Crippen LogP contribution in [0.25, 0.3) is 0 Å². The molecule has 0 aliphatic carbocycles. The molecule has 1 unspecified atom stereocenters. The van der Waals surface area contributed by atoms with Gasteiger partial charge in [-0.05, 0) is 25.2 Å². The van der Waals surface area contributed by atoms with Crippen molar-refractivity contribution in [3.05, 3.63) is 33.8 Å². The number of hydrogen-bond acceptors (Lipinski definition) is 2. The molecule has 0 heterocycles. The van der Waals surface area contributed by atoms with E-state index in [1.54, 1.807) is 25.2 Å². The lowest BCUT2D eigenvalue weighted by Crippen LogP contribution is -2.14. The van der Waals surface area contributed by atoms with Crippen LogP contribution in [-0.2, 0) is 0 Å². The smallest absolute Gasteiger partial charge is 0.122 e. The van der Waals surface area contributed by atoms with Gasteiger partial charge in [0.25, 0.3) is 0 Å². The number of halogens is 2. The zero-order chi connectivity index (χ0) is 9.84. The van der Waals surface area contributed by atoms with E-state index in [1.807, 2.05) is 0 Å². The molecule has 0 radical (unpaired) electrons. The predicted octanol–water partition coefficient (Wildman–Crippen LogP) is 2.78. The summed E-state index contributed by atoms with van der Waals surface area (Å²) in [7, 11) is 1.70. The third-order valence-electron chi connectivity index (χ3n) is 1.69. The Bertz CT molecular complexity index is 344. The highest BCUT2D eigenvalue weighted by atomic mass is 35.5. The Hall–Kier alpha value is -0.750. The van der Waals surface area contributed by atoms with E-state index in [-0.39, 0.29) is 0 Å². The van der Waals surface area contributed by atoms with Gasteiger partial charge in [0.05, 0.1) is 6.07 Å². The Morgan fingerprint density at radius 2 is 2.15 bits per heavy atom. The molecule has 0 saturated heterocycles. The summed E-state index contributed by atoms with van der Waals surface area (Å²) in [6.07, 6.45) is 0. The molecule has 0 saturated carbocycles. The maximum absolute atomic E-state index is 8.78. The minimum Gasteiger partial charge on any atom is -0.301 e. The van der Waals surface area contributed by atoms with Crippen molar-refractivity contribution in [2.45, 2.75) is 6.04 Å². The maximum Gasteiger partial charge on any atom is 0.122 e. The van der Waals surface area contributed by atoms with Crippen molar-refractivity contribution in [2.75, 3.05) is 7.05 Å². The Labute approximate surface area is 87.1 Å². The SMILES string of the molecule is CNC(C#N)c1cc(Cl)ccc1Cl. The number of nitriles is 1. The van der Waals surface area contributed by atoms with Crippen LogP contribution in [0, 0.1) is 11.3 Å². The number of nitrogens with zero attached hydrogens (tertiary/aromatic N) is 1. The first-order chi connectivity index (χ1) is 6.19. The highest BCUT2D eigenvalue weighted by Gasteiger charge is 2.11. The van der Waals surface area contributed by atoms with E-state index in [2.05, 4.69) is 11.4 Å². The van der Waals surface area contributed by atoms with E-state index in [1.165, 1.54) is 0 Å². The molecular weight excluding hydrogens is 207 g/mol. The summed E-state index contributed by atoms with van der Waals surface area (Å²) < 4.78 is 0. The fraction of sp³-hybridized carbons (Fsp3) is 0.222. The lowest BCUT2D eigenvalue weighted by Gasteiger charge is -2.09. The predicted molar refractivity (Wildman–Crippen MR) is 53.9 cm³/mol. The van der Waals surface area contributed by atoms with E-state index in [9.17, 15) is 0 Å². The van der Waals surface area contributed by atoms with Crippen LogP contribution < -0.4 is 5.32 Å². The fourth-order valence-corrected chi connectivity index (χ4v) is 1.43. The zero-order valence-corrected chi connectivity index (χ0v) is 8.52. The van der Waals surface area contributed by atoms with Crippen LogP contribution in [0.3, 0.4) is 0 Å². The van der Waals surface area contributed by atoms with Gasteiger partial charge in [-0.2, -0.15) is 5.26 Å². The summed E-state index contributed by atoms with van der Waals surface area (Å²) in [5.41, 5.74) is 0.708. The van der Waals surface area contributed by atoms with Crippen LogP contribution in [0.5, 0.6) is 0 Å². The fourth-order valence-electron chi connectivity index (χ4n) is 1.03. The van der Waals surface area contributed by atoms with Crippen LogP contribution >= 0.6 is 23.2 Å². The van der Waals surface area contributed by atoms with Crippen molar-refractivity contribution < 1.29 is 0 Å². The van der Waals surface area contributed by atoms with Crippen molar-refractivity contribution in [1.82, 2.24) is 5.32 Å². The molecule has 68 valence electrons. The first-order valence-corrected chi connectivity index (χ1v) is 4.46. The van der Waals surface area contributed by atoms with E-state index < -0.39 is 6.04 Å². The van der Waals surface area contributed by atoms with E-state index >= 15 is 0 Å². The zero-order valence-electron chi connectivity index (χ0n) is 7.01. The highest BCUT2D eigenvalue weighted by molar-refractivity contribution is 6.33. The summed E-state index contributed by atoms with van der Waals surface area (Å²) in [6, 6.07) is 6.73. The number of rotatable bonds is 2. The Morgan fingerprint density at radius 3 is 2.69 bits per heavy atom. The number of benzene rings is 1. The van der Waals surface area contributed by atoms with Crippen molar-refractivity contribution in [3.63, 3.8) is 0 Å². The summed E-state index contributed by atoms with van der Waals surface area (Å²) in [5.74, 6) is 0. The van der Waals surface area contributed by atoms with Gasteiger partial charge in [-0.3, -0.25) is 0 Å². The summed E-state index contributed by atoms with van der Waals surface area (Å²) >= 11 is 11.7. The normalized spacial score (nSPS) is 12.2. The average molecular weight is 215 g/mol. The van der Waals surface area contributed by atoms with Crippen molar-refractivity contribution in [1.29, 1.82) is 5.26 Å². The number of nitrogens with one attached hydrogen (secondary N) is 1. The van der Waals surface area contributed by atoms with Crippen LogP contribution in [0.2, 0.25) is 10.0 Å². The summed E-state index contributed by atoms with van der Waals surface area (Å²) in [5, 5.41) is 12.7. The topological polar surface area (TPSA) is 35.8 Å². The van der Waals surface area contributed by atoms with E-state index in [4.69, 9.17) is 28.5 Å². The largest absolute Gasteiger partial charge is 0.301 e. The van der Waals surface area contributed by atoms with E-state index in [0.29, 0.717) is 15.6 Å². The lowest BCUT2D eigenvalue weighted by molar-refractivity contribution is 0.727. The first-order valence-electron chi connectivity index (χ1n) is 3.71. The van der Waals surface area contributed by atoms with Crippen LogP contribution in [0.15, 0.2) is 18.2 Å². The second-order valence-corrected chi connectivity index (χ2v) is 3.36. The van der Waals surface area contributed by atoms with Gasteiger partial charge in [-0.15, -0.1) is 0 Å².